The summed E-state index contributed by atoms with van der Waals surface area (Å²) >= 11 is 8.20. The van der Waals surface area contributed by atoms with Gasteiger partial charge in [-0.1, -0.05) is 0 Å². The molecule has 0 aromatic rings. The minimum atomic E-state index is -1.00. The van der Waals surface area contributed by atoms with Crippen LogP contribution in [0.15, 0.2) is 0 Å². The second-order valence-electron chi connectivity index (χ2n) is 3.11. The predicted octanol–water partition coefficient (Wildman–Crippen LogP) is -0.0481. The molecule has 0 aromatic heterocycles. The van der Waals surface area contributed by atoms with Gasteiger partial charge in [-0.15, -0.1) is 0 Å². The van der Waals surface area contributed by atoms with E-state index in [9.17, 15) is 4.79 Å². The first-order chi connectivity index (χ1) is 6.99. The topological polar surface area (TPSA) is 95.6 Å². The van der Waals surface area contributed by atoms with E-state index >= 15 is 0 Å². The minimum Gasteiger partial charge on any atom is -0.501 e. The van der Waals surface area contributed by atoms with Crippen molar-refractivity contribution in [3.63, 3.8) is 0 Å². The zero-order valence-electron chi connectivity index (χ0n) is 8.22. The number of aliphatic hydroxyl groups excluding tert-OH is 1. The Labute approximate surface area is 99.4 Å². The molecule has 0 saturated carbocycles. The number of nitrogens with one attached hydrogen (secondary N) is 1. The van der Waals surface area contributed by atoms with Crippen LogP contribution in [0.2, 0.25) is 0 Å². The summed E-state index contributed by atoms with van der Waals surface area (Å²) in [5, 5.41) is 19.9. The Morgan fingerprint density at radius 3 is 2.40 bits per heavy atom. The normalized spacial score (nSPS) is 21.3. The molecular formula is C8H16N2O3S2. The van der Waals surface area contributed by atoms with Gasteiger partial charge in [-0.3, -0.25) is 4.79 Å². The zero-order chi connectivity index (χ0) is 11.8. The van der Waals surface area contributed by atoms with Crippen LogP contribution in [0.25, 0.3) is 0 Å². The number of carbonyl (C=O) groups is 1. The molecule has 1 aliphatic heterocycles. The fraction of sp³-hybridized carbons (Fsp3) is 0.750. The van der Waals surface area contributed by atoms with Crippen molar-refractivity contribution in [2.24, 2.45) is 5.73 Å². The molecule has 0 amide bonds. The van der Waals surface area contributed by atoms with Gasteiger partial charge in [-0.25, -0.2) is 0 Å². The van der Waals surface area contributed by atoms with E-state index in [0.717, 1.165) is 19.4 Å². The lowest BCUT2D eigenvalue weighted by molar-refractivity contribution is -0.137. The maximum atomic E-state index is 9.76. The fourth-order valence-corrected chi connectivity index (χ4v) is 1.33. The van der Waals surface area contributed by atoms with Crippen molar-refractivity contribution in [1.29, 1.82) is 0 Å². The van der Waals surface area contributed by atoms with Crippen LogP contribution in [-0.2, 0) is 4.79 Å². The molecule has 0 bridgehead atoms. The first kappa shape index (κ1) is 14.6. The molecule has 1 saturated heterocycles. The Hall–Kier alpha value is -0.370. The fourth-order valence-electron chi connectivity index (χ4n) is 0.973. The van der Waals surface area contributed by atoms with Crippen LogP contribution in [-0.4, -0.2) is 45.6 Å². The smallest absolute Gasteiger partial charge is 0.321 e. The van der Waals surface area contributed by atoms with Gasteiger partial charge in [0.1, 0.15) is 6.04 Å². The van der Waals surface area contributed by atoms with Crippen molar-refractivity contribution in [2.75, 3.05) is 12.3 Å². The van der Waals surface area contributed by atoms with E-state index in [2.05, 4.69) is 30.2 Å². The second-order valence-corrected chi connectivity index (χ2v) is 3.90. The molecule has 1 aliphatic rings. The molecule has 5 N–H and O–H groups in total. The summed E-state index contributed by atoms with van der Waals surface area (Å²) in [6.45, 7) is 0.991. The van der Waals surface area contributed by atoms with Gasteiger partial charge in [0.2, 0.25) is 0 Å². The molecule has 5 nitrogen and oxygen atoms in total. The van der Waals surface area contributed by atoms with Crippen LogP contribution in [0.1, 0.15) is 12.8 Å². The Kier molecular flexibility index (Phi) is 7.67. The van der Waals surface area contributed by atoms with Crippen molar-refractivity contribution < 1.29 is 15.0 Å². The number of carboxylic acid groups (broad SMARTS) is 1. The lowest BCUT2D eigenvalue weighted by Gasteiger charge is -2.03. The van der Waals surface area contributed by atoms with E-state index in [1.807, 2.05) is 0 Å². The van der Waals surface area contributed by atoms with Gasteiger partial charge < -0.3 is 21.3 Å². The molecule has 15 heavy (non-hydrogen) atoms. The predicted molar refractivity (Wildman–Crippen MR) is 65.7 cm³/mol. The van der Waals surface area contributed by atoms with Crippen molar-refractivity contribution in [2.45, 2.75) is 24.9 Å². The van der Waals surface area contributed by atoms with Crippen LogP contribution in [0, 0.1) is 0 Å². The van der Waals surface area contributed by atoms with Gasteiger partial charge in [0.15, 0.2) is 5.05 Å². The highest BCUT2D eigenvalue weighted by Gasteiger charge is 2.16. The third-order valence-electron chi connectivity index (χ3n) is 1.87. The average molecular weight is 252 g/mol. The van der Waals surface area contributed by atoms with E-state index in [0.29, 0.717) is 0 Å². The monoisotopic (exact) mass is 252 g/mol. The summed E-state index contributed by atoms with van der Waals surface area (Å²) < 4.78 is 0. The quantitative estimate of drug-likeness (QED) is 0.357. The summed E-state index contributed by atoms with van der Waals surface area (Å²) in [6.07, 6.45) is 2.13. The molecule has 1 heterocycles. The lowest BCUT2D eigenvalue weighted by Crippen LogP contribution is -2.31. The largest absolute Gasteiger partial charge is 0.501 e. The number of hydrogen-bond donors (Lipinski definition) is 5. The van der Waals surface area contributed by atoms with Crippen molar-refractivity contribution >= 4 is 35.9 Å². The van der Waals surface area contributed by atoms with Gasteiger partial charge in [-0.2, -0.15) is 12.6 Å². The number of thiocarbonyl (C=S) groups is 1. The van der Waals surface area contributed by atoms with Crippen LogP contribution >= 0.6 is 24.8 Å². The number of rotatable bonds is 3. The molecule has 0 aromatic carbocycles. The minimum absolute atomic E-state index is 0.102. The van der Waals surface area contributed by atoms with Crippen LogP contribution in [0.4, 0.5) is 0 Å². The number of hydrogen-bond acceptors (Lipinski definition) is 5. The van der Waals surface area contributed by atoms with Gasteiger partial charge in [0, 0.05) is 5.75 Å². The Morgan fingerprint density at radius 2 is 2.27 bits per heavy atom. The highest BCUT2D eigenvalue weighted by atomic mass is 32.1. The Bertz CT molecular complexity index is 220. The summed E-state index contributed by atoms with van der Waals surface area (Å²) in [5.74, 6) is -0.815. The molecule has 88 valence electrons. The maximum absolute atomic E-state index is 9.76. The van der Waals surface area contributed by atoms with E-state index in [1.165, 1.54) is 0 Å². The molecule has 7 heteroatoms. The number of aliphatic hydroxyl groups is 1. The summed E-state index contributed by atoms with van der Waals surface area (Å²) in [4.78, 5) is 9.76. The molecule has 0 aliphatic carbocycles. The summed E-state index contributed by atoms with van der Waals surface area (Å²) in [7, 11) is 0. The van der Waals surface area contributed by atoms with E-state index < -0.39 is 12.0 Å². The molecule has 1 rings (SSSR count). The second kappa shape index (κ2) is 7.86. The number of nitrogens with two attached hydrogens (primary N) is 1. The first-order valence-electron chi connectivity index (χ1n) is 4.54. The molecular weight excluding hydrogens is 236 g/mol. The van der Waals surface area contributed by atoms with E-state index in [4.69, 9.17) is 15.9 Å². The van der Waals surface area contributed by atoms with Crippen LogP contribution in [0.3, 0.4) is 0 Å². The third-order valence-corrected chi connectivity index (χ3v) is 2.55. The zero-order valence-corrected chi connectivity index (χ0v) is 9.93. The third kappa shape index (κ3) is 6.67. The summed E-state index contributed by atoms with van der Waals surface area (Å²) in [6, 6.07) is -0.715. The molecule has 1 fully saturated rings. The molecule has 0 unspecified atom stereocenters. The van der Waals surface area contributed by atoms with Crippen LogP contribution < -0.4 is 11.1 Å². The van der Waals surface area contributed by atoms with Crippen LogP contribution in [0.5, 0.6) is 0 Å². The van der Waals surface area contributed by atoms with Crippen molar-refractivity contribution in [3.8, 4) is 0 Å². The molecule has 0 spiro atoms. The van der Waals surface area contributed by atoms with Gasteiger partial charge in [0.25, 0.3) is 0 Å². The molecule has 0 radical (unpaired) electrons. The van der Waals surface area contributed by atoms with Crippen molar-refractivity contribution in [1.82, 2.24) is 5.32 Å². The van der Waals surface area contributed by atoms with Gasteiger partial charge >= 0.3 is 5.97 Å². The lowest BCUT2D eigenvalue weighted by atomic mass is 10.2. The Balaban J connectivity index is 0.000000265. The van der Waals surface area contributed by atoms with Gasteiger partial charge in [0.05, 0.1) is 6.04 Å². The SMILES string of the molecule is N[C@@H](CS)C(=O)O.OC(=S)[C@@H]1CCCN1. The standard InChI is InChI=1S/C5H9NOS.C3H7NO2S/c7-5(8)4-2-1-3-6-4;4-2(1-7)3(5)6/h4,6H,1-3H2,(H,7,8);2,7H,1,4H2,(H,5,6)/t4-;2-/m00/s1. The number of thiol groups is 1. The van der Waals surface area contributed by atoms with E-state index in [1.54, 1.807) is 0 Å². The number of carboxylic acids is 1. The highest BCUT2D eigenvalue weighted by molar-refractivity contribution is 7.80. The number of aliphatic carboxylic acids is 1. The highest BCUT2D eigenvalue weighted by Crippen LogP contribution is 2.04. The maximum Gasteiger partial charge on any atom is 0.321 e. The molecule has 2 atom stereocenters. The van der Waals surface area contributed by atoms with Crippen molar-refractivity contribution in [3.05, 3.63) is 0 Å². The summed E-state index contributed by atoms with van der Waals surface area (Å²) in [5.41, 5.74) is 4.94. The average Bonchev–Trinajstić information content (AvgIpc) is 2.70. The van der Waals surface area contributed by atoms with Gasteiger partial charge in [-0.05, 0) is 31.6 Å². The first-order valence-corrected chi connectivity index (χ1v) is 5.58. The van der Waals surface area contributed by atoms with E-state index in [-0.39, 0.29) is 16.8 Å². The Morgan fingerprint density at radius 1 is 1.67 bits per heavy atom.